The van der Waals surface area contributed by atoms with Gasteiger partial charge in [0.2, 0.25) is 0 Å². The quantitative estimate of drug-likeness (QED) is 0.232. The van der Waals surface area contributed by atoms with E-state index in [-0.39, 0.29) is 17.2 Å². The summed E-state index contributed by atoms with van der Waals surface area (Å²) >= 11 is 0. The third-order valence-electron chi connectivity index (χ3n) is 6.78. The Morgan fingerprint density at radius 1 is 0.977 bits per heavy atom. The van der Waals surface area contributed by atoms with E-state index < -0.39 is 15.6 Å². The lowest BCUT2D eigenvalue weighted by Gasteiger charge is -2.26. The van der Waals surface area contributed by atoms with Crippen LogP contribution in [0.3, 0.4) is 0 Å². The monoisotopic (exact) mass is 596 g/mol. The molecule has 1 fully saturated rings. The highest BCUT2D eigenvalue weighted by atomic mass is 32.2. The summed E-state index contributed by atoms with van der Waals surface area (Å²) in [6.07, 6.45) is 4.99. The Balaban J connectivity index is 1.30. The molecule has 43 heavy (non-hydrogen) atoms. The minimum absolute atomic E-state index is 0.242. The summed E-state index contributed by atoms with van der Waals surface area (Å²) in [6.45, 7) is 5.55. The average Bonchev–Trinajstić information content (AvgIpc) is 3.47. The van der Waals surface area contributed by atoms with E-state index in [9.17, 15) is 13.8 Å². The van der Waals surface area contributed by atoms with Crippen LogP contribution in [0.5, 0.6) is 0 Å². The Morgan fingerprint density at radius 3 is 2.53 bits per heavy atom. The highest BCUT2D eigenvalue weighted by molar-refractivity contribution is 8.00. The molecular formula is C33H32N4O5S. The lowest BCUT2D eigenvalue weighted by Crippen LogP contribution is -2.37. The molecule has 0 radical (unpaired) electrons. The van der Waals surface area contributed by atoms with Crippen molar-refractivity contribution in [1.29, 1.82) is 0 Å². The van der Waals surface area contributed by atoms with E-state index >= 15 is 0 Å². The maximum absolute atomic E-state index is 14.1. The standard InChI is InChI=1S/C33H32N4O5S/c1-25-13-17-42-31(25)33(39)35-29-8-5-7-26(22-29)11-12-27-21-28(24-34-23-27)32(38)36-43(40,30-9-3-2-4-10-30)20-6-14-37-15-18-41-19-16-37/h2-5,7-10,13,17,20-24H,6,14-16,18-19H2,1H3,(H,35,39)(H,36,38,40). The molecule has 2 amide bonds. The van der Waals surface area contributed by atoms with Gasteiger partial charge in [-0.1, -0.05) is 36.1 Å². The first-order valence-electron chi connectivity index (χ1n) is 13.9. The largest absolute Gasteiger partial charge is 0.459 e. The van der Waals surface area contributed by atoms with Crippen LogP contribution in [0.2, 0.25) is 0 Å². The summed E-state index contributed by atoms with van der Waals surface area (Å²) in [5, 5.41) is 4.51. The highest BCUT2D eigenvalue weighted by Crippen LogP contribution is 2.15. The first kappa shape index (κ1) is 29.8. The second-order valence-electron chi connectivity index (χ2n) is 9.93. The van der Waals surface area contributed by atoms with Gasteiger partial charge >= 0.3 is 0 Å². The van der Waals surface area contributed by atoms with Gasteiger partial charge in [-0.25, -0.2) is 4.21 Å². The molecule has 1 aliphatic heterocycles. The van der Waals surface area contributed by atoms with Crippen molar-refractivity contribution in [3.63, 3.8) is 0 Å². The van der Waals surface area contributed by atoms with Gasteiger partial charge in [-0.15, -0.1) is 0 Å². The number of aromatic nitrogens is 1. The second kappa shape index (κ2) is 14.0. The van der Waals surface area contributed by atoms with Gasteiger partial charge in [0.15, 0.2) is 5.76 Å². The number of aryl methyl sites for hydroxylation is 1. The summed E-state index contributed by atoms with van der Waals surface area (Å²) in [4.78, 5) is 32.8. The zero-order valence-corrected chi connectivity index (χ0v) is 24.6. The van der Waals surface area contributed by atoms with Crippen LogP contribution in [-0.4, -0.2) is 64.1 Å². The zero-order chi connectivity index (χ0) is 30.1. The van der Waals surface area contributed by atoms with Crippen molar-refractivity contribution < 1.29 is 23.0 Å². The van der Waals surface area contributed by atoms with Gasteiger partial charge < -0.3 is 14.5 Å². The van der Waals surface area contributed by atoms with Crippen LogP contribution in [0, 0.1) is 18.8 Å². The predicted molar refractivity (Wildman–Crippen MR) is 166 cm³/mol. The fraction of sp³-hybridized carbons (Fsp3) is 0.212. The van der Waals surface area contributed by atoms with E-state index in [4.69, 9.17) is 9.15 Å². The SMILES string of the molecule is Cc1ccoc1C(=O)Nc1cccc(C#Cc2cncc(C(=O)NS(=O)(=CCCN3CCOCC3)c3ccccc3)c2)c1. The zero-order valence-electron chi connectivity index (χ0n) is 23.7. The van der Waals surface area contributed by atoms with Gasteiger partial charge in [-0.2, -0.15) is 0 Å². The Bertz CT molecular complexity index is 1780. The number of furan rings is 1. The first-order chi connectivity index (χ1) is 20.9. The third-order valence-corrected chi connectivity index (χ3v) is 8.95. The molecule has 220 valence electrons. The van der Waals surface area contributed by atoms with E-state index in [0.29, 0.717) is 41.3 Å². The molecule has 1 atom stereocenters. The van der Waals surface area contributed by atoms with E-state index in [0.717, 1.165) is 25.2 Å². The molecule has 1 unspecified atom stereocenters. The molecule has 3 heterocycles. The van der Waals surface area contributed by atoms with Crippen molar-refractivity contribution in [1.82, 2.24) is 14.6 Å². The molecule has 0 spiro atoms. The van der Waals surface area contributed by atoms with Crippen molar-refractivity contribution in [2.75, 3.05) is 38.2 Å². The molecule has 1 saturated heterocycles. The number of amides is 2. The number of morpholine rings is 1. The van der Waals surface area contributed by atoms with E-state index in [2.05, 4.69) is 31.8 Å². The lowest BCUT2D eigenvalue weighted by atomic mass is 10.1. The summed E-state index contributed by atoms with van der Waals surface area (Å²) in [7, 11) is -3.01. The Kier molecular flexibility index (Phi) is 9.69. The molecule has 1 aliphatic rings. The van der Waals surface area contributed by atoms with Gasteiger partial charge in [0, 0.05) is 59.3 Å². The van der Waals surface area contributed by atoms with Gasteiger partial charge in [-0.3, -0.25) is 24.2 Å². The molecule has 0 saturated carbocycles. The lowest BCUT2D eigenvalue weighted by molar-refractivity contribution is 0.0393. The van der Waals surface area contributed by atoms with Crippen LogP contribution in [0.4, 0.5) is 5.69 Å². The summed E-state index contributed by atoms with van der Waals surface area (Å²) in [6, 6.07) is 19.4. The summed E-state index contributed by atoms with van der Waals surface area (Å²) in [5.41, 5.74) is 2.73. The topological polar surface area (TPSA) is 114 Å². The molecule has 5 rings (SSSR count). The number of pyridine rings is 1. The van der Waals surface area contributed by atoms with Gasteiger partial charge in [0.05, 0.1) is 34.7 Å². The fourth-order valence-electron chi connectivity index (χ4n) is 4.49. The minimum Gasteiger partial charge on any atom is -0.459 e. The molecular weight excluding hydrogens is 564 g/mol. The van der Waals surface area contributed by atoms with Crippen molar-refractivity contribution >= 4 is 32.6 Å². The summed E-state index contributed by atoms with van der Waals surface area (Å²) < 4.78 is 27.5. The van der Waals surface area contributed by atoms with Crippen LogP contribution in [0.25, 0.3) is 0 Å². The van der Waals surface area contributed by atoms with E-state index in [1.54, 1.807) is 73.1 Å². The van der Waals surface area contributed by atoms with Crippen LogP contribution in [0.1, 0.15) is 44.0 Å². The number of nitrogens with zero attached hydrogens (tertiary/aromatic N) is 2. The normalized spacial score (nSPS) is 14.5. The van der Waals surface area contributed by atoms with Crippen molar-refractivity contribution in [2.24, 2.45) is 0 Å². The smallest absolute Gasteiger partial charge is 0.291 e. The Hall–Kier alpha value is -4.69. The molecule has 0 bridgehead atoms. The predicted octanol–water partition coefficient (Wildman–Crippen LogP) is 4.15. The Labute approximate surface area is 251 Å². The molecule has 4 aromatic rings. The number of carbonyl (C=O) groups excluding carboxylic acids is 2. The molecule has 0 aliphatic carbocycles. The van der Waals surface area contributed by atoms with Crippen LogP contribution in [-0.2, 0) is 14.4 Å². The number of ether oxygens (including phenoxy) is 1. The van der Waals surface area contributed by atoms with Crippen LogP contribution in [0.15, 0.2) is 94.7 Å². The number of nitrogens with one attached hydrogen (secondary N) is 2. The number of carbonyl (C=O) groups is 2. The second-order valence-corrected chi connectivity index (χ2v) is 12.1. The van der Waals surface area contributed by atoms with Gasteiger partial charge in [0.1, 0.15) is 0 Å². The Morgan fingerprint density at radius 2 is 1.77 bits per heavy atom. The van der Waals surface area contributed by atoms with Crippen molar-refractivity contribution in [2.45, 2.75) is 18.2 Å². The maximum atomic E-state index is 14.1. The fourth-order valence-corrected chi connectivity index (χ4v) is 6.27. The van der Waals surface area contributed by atoms with Crippen LogP contribution < -0.4 is 10.0 Å². The van der Waals surface area contributed by atoms with Crippen LogP contribution >= 0.6 is 0 Å². The number of anilines is 1. The van der Waals surface area contributed by atoms with Crippen molar-refractivity contribution in [3.05, 3.63) is 113 Å². The third kappa shape index (κ3) is 7.99. The van der Waals surface area contributed by atoms with E-state index in [1.165, 1.54) is 12.5 Å². The maximum Gasteiger partial charge on any atom is 0.291 e. The average molecular weight is 597 g/mol. The highest BCUT2D eigenvalue weighted by Gasteiger charge is 2.17. The number of hydrogen-bond acceptors (Lipinski definition) is 7. The van der Waals surface area contributed by atoms with Gasteiger partial charge in [-0.05, 0) is 61.2 Å². The molecule has 10 heteroatoms. The molecule has 2 aromatic heterocycles. The summed E-state index contributed by atoms with van der Waals surface area (Å²) in [5.74, 6) is 5.47. The number of benzene rings is 2. The number of rotatable bonds is 8. The van der Waals surface area contributed by atoms with E-state index in [1.807, 2.05) is 12.1 Å². The first-order valence-corrected chi connectivity index (χ1v) is 15.5. The molecule has 9 nitrogen and oxygen atoms in total. The van der Waals surface area contributed by atoms with Crippen molar-refractivity contribution in [3.8, 4) is 11.8 Å². The number of hydrogen-bond donors (Lipinski definition) is 2. The molecule has 2 aromatic carbocycles. The van der Waals surface area contributed by atoms with Gasteiger partial charge in [0.25, 0.3) is 11.8 Å². The molecule has 2 N–H and O–H groups in total. The minimum atomic E-state index is -3.01.